The number of benzene rings is 1. The van der Waals surface area contributed by atoms with Gasteiger partial charge in [-0.25, -0.2) is 14.6 Å². The van der Waals surface area contributed by atoms with E-state index in [1.807, 2.05) is 30.3 Å². The summed E-state index contributed by atoms with van der Waals surface area (Å²) in [5, 5.41) is 21.3. The van der Waals surface area contributed by atoms with Gasteiger partial charge in [0.05, 0.1) is 26.4 Å². The molecule has 0 saturated carbocycles. The van der Waals surface area contributed by atoms with E-state index in [0.717, 1.165) is 18.4 Å². The highest BCUT2D eigenvalue weighted by Crippen LogP contribution is 2.17. The lowest BCUT2D eigenvalue weighted by atomic mass is 9.97. The minimum atomic E-state index is -1.12. The minimum absolute atomic E-state index is 0.0132. The lowest BCUT2D eigenvalue weighted by Crippen LogP contribution is -2.60. The molecule has 1 aliphatic heterocycles. The van der Waals surface area contributed by atoms with Crippen LogP contribution >= 0.6 is 0 Å². The number of ether oxygens (including phenoxy) is 3. The molecule has 2 rings (SSSR count). The van der Waals surface area contributed by atoms with Crippen molar-refractivity contribution in [1.29, 1.82) is 0 Å². The van der Waals surface area contributed by atoms with Crippen molar-refractivity contribution in [3.63, 3.8) is 0 Å². The molecule has 1 aromatic carbocycles. The number of nitrogens with zero attached hydrogens (tertiary/aromatic N) is 1. The molecule has 0 bridgehead atoms. The molecule has 0 aliphatic carbocycles. The van der Waals surface area contributed by atoms with Crippen molar-refractivity contribution in [3.05, 3.63) is 35.9 Å². The van der Waals surface area contributed by atoms with Crippen LogP contribution in [0.4, 0.5) is 9.59 Å². The zero-order chi connectivity index (χ0) is 31.9. The maximum Gasteiger partial charge on any atom is 0.407 e. The topological polar surface area (TPSA) is 168 Å². The summed E-state index contributed by atoms with van der Waals surface area (Å²) in [6, 6.07) is 6.87. The Hall–Kier alpha value is -3.42. The van der Waals surface area contributed by atoms with E-state index in [1.165, 1.54) is 14.2 Å². The summed E-state index contributed by atoms with van der Waals surface area (Å²) in [6.45, 7) is 8.81. The van der Waals surface area contributed by atoms with E-state index >= 15 is 0 Å². The molecular weight excluding hydrogens is 558 g/mol. The molecule has 1 heterocycles. The van der Waals surface area contributed by atoms with Crippen LogP contribution in [0, 0.1) is 17.8 Å². The molecule has 1 saturated heterocycles. The van der Waals surface area contributed by atoms with Crippen LogP contribution in [0.1, 0.15) is 46.1 Å². The Morgan fingerprint density at radius 1 is 0.884 bits per heavy atom. The highest BCUT2D eigenvalue weighted by Gasteiger charge is 2.32. The molecule has 0 aromatic heterocycles. The van der Waals surface area contributed by atoms with E-state index < -0.39 is 48.2 Å². The zero-order valence-electron chi connectivity index (χ0n) is 26.1. The van der Waals surface area contributed by atoms with Gasteiger partial charge in [0, 0.05) is 26.3 Å². The minimum Gasteiger partial charge on any atom is -0.453 e. The molecule has 5 N–H and O–H groups in total. The molecule has 4 amide bonds. The first-order valence-electron chi connectivity index (χ1n) is 14.8. The van der Waals surface area contributed by atoms with E-state index in [4.69, 9.17) is 9.47 Å². The molecule has 13 nitrogen and oxygen atoms in total. The standard InChI is InChI=1S/C30H49N5O8/c1-19(2)25(32-29(39)41-5)27(37)31-23(16-21-10-8-7-9-11-21)24(36)18-35(17-22-12-14-43-15-13-22)34-28(38)26(20(3)4)33-30(40)42-6/h7-11,19-20,22-26,36H,12-18H2,1-6H3,(H,31,37)(H,32,39)(H,33,40)(H,34,38)/t23?,24?,25-,26-/m0/s1. The van der Waals surface area contributed by atoms with Gasteiger partial charge in [-0.3, -0.25) is 15.0 Å². The third kappa shape index (κ3) is 12.4. The van der Waals surface area contributed by atoms with Crippen molar-refractivity contribution >= 4 is 24.0 Å². The fourth-order valence-electron chi connectivity index (χ4n) is 4.85. The Morgan fingerprint density at radius 2 is 1.42 bits per heavy atom. The predicted octanol–water partition coefficient (Wildman–Crippen LogP) is 1.60. The van der Waals surface area contributed by atoms with Crippen molar-refractivity contribution in [2.75, 3.05) is 40.5 Å². The number of hydrazine groups is 1. The van der Waals surface area contributed by atoms with Gasteiger partial charge in [0.2, 0.25) is 5.91 Å². The van der Waals surface area contributed by atoms with Crippen LogP contribution in [-0.2, 0) is 30.2 Å². The Labute approximate surface area is 254 Å². The van der Waals surface area contributed by atoms with Gasteiger partial charge in [0.15, 0.2) is 0 Å². The normalized spacial score (nSPS) is 16.6. The average molecular weight is 608 g/mol. The predicted molar refractivity (Wildman–Crippen MR) is 160 cm³/mol. The summed E-state index contributed by atoms with van der Waals surface area (Å²) in [7, 11) is 2.45. The lowest BCUT2D eigenvalue weighted by molar-refractivity contribution is -0.131. The smallest absolute Gasteiger partial charge is 0.407 e. The van der Waals surface area contributed by atoms with Crippen molar-refractivity contribution in [2.45, 2.75) is 71.2 Å². The van der Waals surface area contributed by atoms with Gasteiger partial charge in [-0.05, 0) is 42.6 Å². The van der Waals surface area contributed by atoms with Crippen molar-refractivity contribution < 1.29 is 38.5 Å². The molecule has 1 fully saturated rings. The van der Waals surface area contributed by atoms with Crippen LogP contribution in [0.3, 0.4) is 0 Å². The number of amides is 4. The van der Waals surface area contributed by atoms with Crippen molar-refractivity contribution in [1.82, 2.24) is 26.4 Å². The first kappa shape index (κ1) is 35.8. The number of aliphatic hydroxyl groups excluding tert-OH is 1. The van der Waals surface area contributed by atoms with E-state index in [2.05, 4.69) is 26.1 Å². The van der Waals surface area contributed by atoms with E-state index in [1.54, 1.807) is 32.7 Å². The van der Waals surface area contributed by atoms with E-state index in [0.29, 0.717) is 26.2 Å². The number of methoxy groups -OCH3 is 2. The van der Waals surface area contributed by atoms with Crippen molar-refractivity contribution in [2.24, 2.45) is 17.8 Å². The highest BCUT2D eigenvalue weighted by atomic mass is 16.5. The summed E-state index contributed by atoms with van der Waals surface area (Å²) >= 11 is 0. The molecule has 242 valence electrons. The van der Waals surface area contributed by atoms with Crippen LogP contribution in [-0.4, -0.2) is 98.9 Å². The Morgan fingerprint density at radius 3 is 1.93 bits per heavy atom. The number of hydrogen-bond acceptors (Lipinski definition) is 9. The summed E-state index contributed by atoms with van der Waals surface area (Å²) in [4.78, 5) is 50.6. The van der Waals surface area contributed by atoms with E-state index in [-0.39, 0.29) is 24.3 Å². The van der Waals surface area contributed by atoms with Crippen LogP contribution in [0.25, 0.3) is 0 Å². The number of nitrogens with one attached hydrogen (secondary N) is 4. The van der Waals surface area contributed by atoms with Crippen molar-refractivity contribution in [3.8, 4) is 0 Å². The van der Waals surface area contributed by atoms with Gasteiger partial charge >= 0.3 is 12.2 Å². The lowest BCUT2D eigenvalue weighted by Gasteiger charge is -2.35. The quantitative estimate of drug-likeness (QED) is 0.186. The largest absolute Gasteiger partial charge is 0.453 e. The molecule has 43 heavy (non-hydrogen) atoms. The second kappa shape index (κ2) is 18.3. The van der Waals surface area contributed by atoms with Gasteiger partial charge in [-0.2, -0.15) is 0 Å². The number of rotatable bonds is 15. The summed E-state index contributed by atoms with van der Waals surface area (Å²) in [5.74, 6) is -1.22. The maximum atomic E-state index is 13.4. The van der Waals surface area contributed by atoms with Crippen LogP contribution < -0.4 is 21.4 Å². The van der Waals surface area contributed by atoms with Gasteiger partial charge in [-0.15, -0.1) is 0 Å². The molecule has 4 atom stereocenters. The molecule has 13 heteroatoms. The maximum absolute atomic E-state index is 13.4. The first-order chi connectivity index (χ1) is 20.4. The Kier molecular flexibility index (Phi) is 15.2. The second-order valence-electron chi connectivity index (χ2n) is 11.5. The highest BCUT2D eigenvalue weighted by molar-refractivity contribution is 5.86. The Balaban J connectivity index is 2.30. The SMILES string of the molecule is COC(=O)N[C@H](C(=O)NC(Cc1ccccc1)C(O)CN(CC1CCOCC1)NC(=O)[C@@H](NC(=O)OC)C(C)C)C(C)C. The first-order valence-corrected chi connectivity index (χ1v) is 14.8. The monoisotopic (exact) mass is 607 g/mol. The number of carbonyl (C=O) groups is 4. The number of aliphatic hydroxyl groups is 1. The summed E-state index contributed by atoms with van der Waals surface area (Å²) in [6.07, 6.45) is -0.711. The van der Waals surface area contributed by atoms with Gasteiger partial charge < -0.3 is 35.3 Å². The third-order valence-electron chi connectivity index (χ3n) is 7.40. The summed E-state index contributed by atoms with van der Waals surface area (Å²) in [5.41, 5.74) is 3.78. The molecule has 0 spiro atoms. The third-order valence-corrected chi connectivity index (χ3v) is 7.40. The molecule has 1 aromatic rings. The van der Waals surface area contributed by atoms with Crippen LogP contribution in [0.5, 0.6) is 0 Å². The molecule has 0 radical (unpaired) electrons. The number of alkyl carbamates (subject to hydrolysis) is 2. The number of carbonyl (C=O) groups excluding carboxylic acids is 4. The molecule has 1 aliphatic rings. The van der Waals surface area contributed by atoms with Gasteiger partial charge in [0.25, 0.3) is 5.91 Å². The average Bonchev–Trinajstić information content (AvgIpc) is 2.98. The van der Waals surface area contributed by atoms with Crippen LogP contribution in [0.2, 0.25) is 0 Å². The molecular formula is C30H49N5O8. The van der Waals surface area contributed by atoms with Gasteiger partial charge in [0.1, 0.15) is 12.1 Å². The Bertz CT molecular complexity index is 1020. The van der Waals surface area contributed by atoms with Gasteiger partial charge in [-0.1, -0.05) is 58.0 Å². The van der Waals surface area contributed by atoms with E-state index in [9.17, 15) is 24.3 Å². The second-order valence-corrected chi connectivity index (χ2v) is 11.5. The van der Waals surface area contributed by atoms with Crippen LogP contribution in [0.15, 0.2) is 30.3 Å². The summed E-state index contributed by atoms with van der Waals surface area (Å²) < 4.78 is 14.9. The fourth-order valence-corrected chi connectivity index (χ4v) is 4.85. The fraction of sp³-hybridized carbons (Fsp3) is 0.667. The molecule has 2 unspecified atom stereocenters. The number of hydrogen-bond donors (Lipinski definition) is 5. The zero-order valence-corrected chi connectivity index (χ0v) is 26.1.